The topological polar surface area (TPSA) is 95.2 Å². The zero-order valence-electron chi connectivity index (χ0n) is 19.8. The van der Waals surface area contributed by atoms with Crippen molar-refractivity contribution in [2.45, 2.75) is 6.61 Å². The van der Waals surface area contributed by atoms with E-state index in [0.717, 1.165) is 33.0 Å². The Kier molecular flexibility index (Phi) is 5.93. The van der Waals surface area contributed by atoms with Gasteiger partial charge in [-0.3, -0.25) is 9.89 Å². The van der Waals surface area contributed by atoms with Gasteiger partial charge in [0, 0.05) is 28.2 Å². The fourth-order valence-corrected chi connectivity index (χ4v) is 4.38. The van der Waals surface area contributed by atoms with Crippen molar-refractivity contribution in [1.29, 1.82) is 0 Å². The van der Waals surface area contributed by atoms with E-state index in [1.54, 1.807) is 12.3 Å². The molecule has 7 nitrogen and oxygen atoms in total. The molecule has 0 aliphatic carbocycles. The summed E-state index contributed by atoms with van der Waals surface area (Å²) in [5.74, 6) is 0.301. The number of ether oxygens (including phenoxy) is 1. The Morgan fingerprint density at radius 3 is 2.65 bits per heavy atom. The summed E-state index contributed by atoms with van der Waals surface area (Å²) in [5, 5.41) is 14.6. The number of benzene rings is 4. The minimum atomic E-state index is -0.385. The van der Waals surface area contributed by atoms with Crippen LogP contribution in [0.1, 0.15) is 21.6 Å². The number of nitrogens with one attached hydrogen (secondary N) is 3. The van der Waals surface area contributed by atoms with Crippen LogP contribution in [0.5, 0.6) is 5.75 Å². The number of rotatable bonds is 7. The third-order valence-electron chi connectivity index (χ3n) is 6.24. The summed E-state index contributed by atoms with van der Waals surface area (Å²) in [5.41, 5.74) is 7.26. The molecule has 37 heavy (non-hydrogen) atoms. The summed E-state index contributed by atoms with van der Waals surface area (Å²) in [6.45, 7) is 0.415. The number of fused-ring (bicyclic) bond motifs is 2. The highest BCUT2D eigenvalue weighted by molar-refractivity contribution is 6.00. The number of hydrogen-bond donors (Lipinski definition) is 3. The second-order valence-corrected chi connectivity index (χ2v) is 8.58. The average Bonchev–Trinajstić information content (AvgIpc) is 3.60. The maximum Gasteiger partial charge on any atom is 0.289 e. The predicted molar refractivity (Wildman–Crippen MR) is 146 cm³/mol. The third-order valence-corrected chi connectivity index (χ3v) is 6.24. The van der Waals surface area contributed by atoms with E-state index in [0.29, 0.717) is 23.7 Å². The fraction of sp³-hybridized carbons (Fsp3) is 0.0333. The minimum Gasteiger partial charge on any atom is -0.488 e. The molecule has 0 radical (unpaired) electrons. The lowest BCUT2D eigenvalue weighted by atomic mass is 10.1. The first-order chi connectivity index (χ1) is 18.3. The monoisotopic (exact) mass is 485 g/mol. The van der Waals surface area contributed by atoms with Crippen molar-refractivity contribution in [3.8, 4) is 17.0 Å². The summed E-state index contributed by atoms with van der Waals surface area (Å²) in [7, 11) is 0. The maximum absolute atomic E-state index is 12.7. The van der Waals surface area contributed by atoms with Crippen LogP contribution in [-0.2, 0) is 6.61 Å². The van der Waals surface area contributed by atoms with Crippen molar-refractivity contribution in [2.75, 3.05) is 0 Å². The zero-order chi connectivity index (χ0) is 25.0. The van der Waals surface area contributed by atoms with Crippen molar-refractivity contribution in [3.05, 3.63) is 120 Å². The molecule has 180 valence electrons. The van der Waals surface area contributed by atoms with E-state index in [1.165, 1.54) is 5.39 Å². The summed E-state index contributed by atoms with van der Waals surface area (Å²) in [6, 6.07) is 31.7. The lowest BCUT2D eigenvalue weighted by Gasteiger charge is -2.12. The van der Waals surface area contributed by atoms with Gasteiger partial charge in [-0.2, -0.15) is 10.2 Å². The van der Waals surface area contributed by atoms with Gasteiger partial charge in [0.1, 0.15) is 18.1 Å². The molecule has 0 spiro atoms. The van der Waals surface area contributed by atoms with E-state index in [2.05, 4.69) is 50.0 Å². The van der Waals surface area contributed by atoms with E-state index in [-0.39, 0.29) is 5.91 Å². The molecule has 0 bridgehead atoms. The van der Waals surface area contributed by atoms with E-state index < -0.39 is 0 Å². The quantitative estimate of drug-likeness (QED) is 0.190. The average molecular weight is 486 g/mol. The molecular weight excluding hydrogens is 462 g/mol. The van der Waals surface area contributed by atoms with Crippen LogP contribution in [0.25, 0.3) is 32.9 Å². The summed E-state index contributed by atoms with van der Waals surface area (Å²) in [6.07, 6.45) is 3.47. The fourth-order valence-electron chi connectivity index (χ4n) is 4.38. The van der Waals surface area contributed by atoms with Crippen LogP contribution in [-0.4, -0.2) is 27.3 Å². The van der Waals surface area contributed by atoms with E-state index >= 15 is 0 Å². The number of aromatic nitrogens is 3. The first kappa shape index (κ1) is 22.3. The van der Waals surface area contributed by atoms with Crippen LogP contribution in [0.4, 0.5) is 0 Å². The molecule has 7 heteroatoms. The van der Waals surface area contributed by atoms with Gasteiger partial charge in [0.15, 0.2) is 0 Å². The smallest absolute Gasteiger partial charge is 0.289 e. The molecule has 2 heterocycles. The molecule has 6 rings (SSSR count). The first-order valence-electron chi connectivity index (χ1n) is 11.9. The number of para-hydroxylation sites is 2. The van der Waals surface area contributed by atoms with Gasteiger partial charge in [-0.15, -0.1) is 0 Å². The Hall–Kier alpha value is -5.17. The summed E-state index contributed by atoms with van der Waals surface area (Å²) < 4.78 is 6.22. The number of nitrogens with zero attached hydrogens (tertiary/aromatic N) is 2. The van der Waals surface area contributed by atoms with Gasteiger partial charge < -0.3 is 9.72 Å². The standard InChI is InChI=1S/C30H23N5O2/c36-30(35-32-18-22-17-31-26-14-5-3-12-24(22)26)28-16-27(33-34-28)25-13-4-6-15-29(25)37-19-21-10-7-9-20-8-1-2-11-23(20)21/h1-18,31H,19H2,(H,33,34)(H,35,36). The highest BCUT2D eigenvalue weighted by Gasteiger charge is 2.14. The van der Waals surface area contributed by atoms with Gasteiger partial charge in [0.05, 0.1) is 11.9 Å². The molecule has 6 aromatic rings. The lowest BCUT2D eigenvalue weighted by molar-refractivity contribution is 0.0950. The van der Waals surface area contributed by atoms with Gasteiger partial charge in [0.25, 0.3) is 5.91 Å². The lowest BCUT2D eigenvalue weighted by Crippen LogP contribution is -2.17. The Morgan fingerprint density at radius 1 is 0.919 bits per heavy atom. The Balaban J connectivity index is 1.17. The number of amides is 1. The molecule has 0 aliphatic rings. The molecular formula is C30H23N5O2. The Labute approximate surface area is 212 Å². The molecule has 0 saturated carbocycles. The van der Waals surface area contributed by atoms with Gasteiger partial charge >= 0.3 is 0 Å². The normalized spacial score (nSPS) is 11.4. The van der Waals surface area contributed by atoms with Crippen molar-refractivity contribution in [2.24, 2.45) is 5.10 Å². The first-order valence-corrected chi connectivity index (χ1v) is 11.9. The summed E-state index contributed by atoms with van der Waals surface area (Å²) in [4.78, 5) is 15.8. The molecule has 1 amide bonds. The second kappa shape index (κ2) is 9.83. The van der Waals surface area contributed by atoms with Crippen LogP contribution in [0.2, 0.25) is 0 Å². The van der Waals surface area contributed by atoms with E-state index in [1.807, 2.05) is 72.9 Å². The maximum atomic E-state index is 12.7. The summed E-state index contributed by atoms with van der Waals surface area (Å²) >= 11 is 0. The predicted octanol–water partition coefficient (Wildman–Crippen LogP) is 6.05. The highest BCUT2D eigenvalue weighted by atomic mass is 16.5. The second-order valence-electron chi connectivity index (χ2n) is 8.58. The number of hydrazone groups is 1. The van der Waals surface area contributed by atoms with E-state index in [9.17, 15) is 4.79 Å². The molecule has 0 saturated heterocycles. The molecule has 0 aliphatic heterocycles. The molecule has 0 unspecified atom stereocenters. The molecule has 2 aromatic heterocycles. The van der Waals surface area contributed by atoms with Crippen molar-refractivity contribution >= 4 is 33.8 Å². The van der Waals surface area contributed by atoms with E-state index in [4.69, 9.17) is 4.74 Å². The Morgan fingerprint density at radius 2 is 1.70 bits per heavy atom. The minimum absolute atomic E-state index is 0.301. The molecule has 3 N–H and O–H groups in total. The largest absolute Gasteiger partial charge is 0.488 e. The van der Waals surface area contributed by atoms with Crippen molar-refractivity contribution in [3.63, 3.8) is 0 Å². The highest BCUT2D eigenvalue weighted by Crippen LogP contribution is 2.30. The van der Waals surface area contributed by atoms with Crippen LogP contribution < -0.4 is 10.2 Å². The van der Waals surface area contributed by atoms with Gasteiger partial charge in [0.2, 0.25) is 0 Å². The molecule has 4 aromatic carbocycles. The SMILES string of the molecule is O=C(NN=Cc1c[nH]c2ccccc12)c1cc(-c2ccccc2OCc2cccc3ccccc23)n[nH]1. The number of carbonyl (C=O) groups is 1. The van der Waals surface area contributed by atoms with Crippen LogP contribution >= 0.6 is 0 Å². The van der Waals surface area contributed by atoms with Gasteiger partial charge in [-0.25, -0.2) is 5.43 Å². The number of aromatic amines is 2. The van der Waals surface area contributed by atoms with Crippen molar-refractivity contribution < 1.29 is 9.53 Å². The zero-order valence-corrected chi connectivity index (χ0v) is 19.8. The molecule has 0 atom stereocenters. The number of hydrogen-bond acceptors (Lipinski definition) is 4. The van der Waals surface area contributed by atoms with Crippen LogP contribution in [0.15, 0.2) is 108 Å². The number of H-pyrrole nitrogens is 2. The number of carbonyl (C=O) groups excluding carboxylic acids is 1. The Bertz CT molecular complexity index is 1740. The van der Waals surface area contributed by atoms with Gasteiger partial charge in [-0.1, -0.05) is 72.8 Å². The van der Waals surface area contributed by atoms with Gasteiger partial charge in [-0.05, 0) is 40.6 Å². The van der Waals surface area contributed by atoms with Crippen LogP contribution in [0, 0.1) is 0 Å². The van der Waals surface area contributed by atoms with Crippen molar-refractivity contribution in [1.82, 2.24) is 20.6 Å². The third kappa shape index (κ3) is 4.58. The van der Waals surface area contributed by atoms with Crippen LogP contribution in [0.3, 0.4) is 0 Å². The molecule has 0 fully saturated rings.